The predicted octanol–water partition coefficient (Wildman–Crippen LogP) is 3.10. The molecule has 0 fully saturated rings. The van der Waals surface area contributed by atoms with Crippen molar-refractivity contribution in [1.82, 2.24) is 19.6 Å². The van der Waals surface area contributed by atoms with E-state index in [-0.39, 0.29) is 11.6 Å². The van der Waals surface area contributed by atoms with Gasteiger partial charge in [0.2, 0.25) is 0 Å². The number of rotatable bonds is 4. The van der Waals surface area contributed by atoms with Crippen LogP contribution in [0, 0.1) is 0 Å². The molecule has 0 spiro atoms. The smallest absolute Gasteiger partial charge is 0.0729 e. The number of nitrogens with zero attached hydrogens (tertiary/aromatic N) is 4. The molecule has 2 aromatic heterocycles. The molecule has 0 bridgehead atoms. The Morgan fingerprint density at radius 1 is 1.26 bits per heavy atom. The Morgan fingerprint density at radius 2 is 2.00 bits per heavy atom. The maximum absolute atomic E-state index is 4.38. The van der Waals surface area contributed by atoms with Crippen LogP contribution >= 0.6 is 15.9 Å². The second kappa shape index (κ2) is 5.36. The van der Waals surface area contributed by atoms with Crippen molar-refractivity contribution in [1.29, 1.82) is 0 Å². The third kappa shape index (κ3) is 3.83. The van der Waals surface area contributed by atoms with E-state index in [0.717, 1.165) is 16.7 Å². The first-order valence-electron chi connectivity index (χ1n) is 6.34. The highest BCUT2D eigenvalue weighted by atomic mass is 79.9. The molecule has 0 aliphatic rings. The molecular formula is C13H20BrN5. The van der Waals surface area contributed by atoms with E-state index < -0.39 is 0 Å². The minimum atomic E-state index is 0.00994. The summed E-state index contributed by atoms with van der Waals surface area (Å²) in [5, 5.41) is 12.1. The lowest BCUT2D eigenvalue weighted by atomic mass is 10.1. The summed E-state index contributed by atoms with van der Waals surface area (Å²) < 4.78 is 4.88. The predicted molar refractivity (Wildman–Crippen MR) is 80.2 cm³/mol. The lowest BCUT2D eigenvalue weighted by molar-refractivity contribution is 0.355. The van der Waals surface area contributed by atoms with Gasteiger partial charge in [-0.3, -0.25) is 9.36 Å². The van der Waals surface area contributed by atoms with Crippen LogP contribution in [0.15, 0.2) is 29.3 Å². The SMILES string of the molecule is C[C@H](Cn1cc(Br)cn1)Nc1cnn(C(C)(C)C)c1. The number of anilines is 1. The van der Waals surface area contributed by atoms with Gasteiger partial charge in [-0.05, 0) is 43.6 Å². The van der Waals surface area contributed by atoms with Crippen LogP contribution in [0.2, 0.25) is 0 Å². The fourth-order valence-corrected chi connectivity index (χ4v) is 2.14. The fourth-order valence-electron chi connectivity index (χ4n) is 1.81. The molecule has 0 saturated carbocycles. The normalized spacial score (nSPS) is 13.5. The molecule has 2 rings (SSSR count). The maximum atomic E-state index is 4.38. The van der Waals surface area contributed by atoms with Gasteiger partial charge in [0, 0.05) is 18.4 Å². The summed E-state index contributed by atoms with van der Waals surface area (Å²) in [5.74, 6) is 0. The maximum Gasteiger partial charge on any atom is 0.0729 e. The van der Waals surface area contributed by atoms with Crippen molar-refractivity contribution in [3.05, 3.63) is 29.3 Å². The Labute approximate surface area is 122 Å². The first kappa shape index (κ1) is 14.1. The van der Waals surface area contributed by atoms with Gasteiger partial charge in [0.25, 0.3) is 0 Å². The Balaban J connectivity index is 1.95. The average Bonchev–Trinajstić information content (AvgIpc) is 2.87. The first-order valence-corrected chi connectivity index (χ1v) is 7.13. The van der Waals surface area contributed by atoms with E-state index in [2.05, 4.69) is 59.1 Å². The fraction of sp³-hybridized carbons (Fsp3) is 0.538. The van der Waals surface area contributed by atoms with Gasteiger partial charge in [-0.2, -0.15) is 10.2 Å². The molecular weight excluding hydrogens is 306 g/mol. The standard InChI is InChI=1S/C13H20BrN5/c1-10(7-18-8-11(14)5-15-18)17-12-6-16-19(9-12)13(2,3)4/h5-6,8-10,17H,7H2,1-4H3/t10-/m1/s1. The third-order valence-corrected chi connectivity index (χ3v) is 3.16. The van der Waals surface area contributed by atoms with E-state index in [0.29, 0.717) is 0 Å². The van der Waals surface area contributed by atoms with E-state index in [1.54, 1.807) is 6.20 Å². The van der Waals surface area contributed by atoms with Crippen LogP contribution in [0.25, 0.3) is 0 Å². The van der Waals surface area contributed by atoms with Gasteiger partial charge in [-0.25, -0.2) is 0 Å². The second-order valence-corrected chi connectivity index (χ2v) is 6.69. The molecule has 2 aromatic rings. The molecule has 0 aromatic carbocycles. The highest BCUT2D eigenvalue weighted by Crippen LogP contribution is 2.16. The summed E-state index contributed by atoms with van der Waals surface area (Å²) in [6, 6.07) is 0.282. The van der Waals surface area contributed by atoms with Crippen LogP contribution in [0.4, 0.5) is 5.69 Å². The minimum Gasteiger partial charge on any atom is -0.378 e. The summed E-state index contributed by atoms with van der Waals surface area (Å²) in [7, 11) is 0. The lowest BCUT2D eigenvalue weighted by Gasteiger charge is -2.19. The number of halogens is 1. The molecule has 104 valence electrons. The van der Waals surface area contributed by atoms with Crippen molar-refractivity contribution >= 4 is 21.6 Å². The Bertz CT molecular complexity index is 537. The molecule has 1 N–H and O–H groups in total. The molecule has 0 aliphatic carbocycles. The van der Waals surface area contributed by atoms with E-state index in [9.17, 15) is 0 Å². The number of hydrogen-bond donors (Lipinski definition) is 1. The van der Waals surface area contributed by atoms with Gasteiger partial charge in [-0.1, -0.05) is 0 Å². The van der Waals surface area contributed by atoms with E-state index in [1.807, 2.05) is 28.0 Å². The summed E-state index contributed by atoms with van der Waals surface area (Å²) >= 11 is 3.40. The van der Waals surface area contributed by atoms with Crippen LogP contribution in [0.3, 0.4) is 0 Å². The molecule has 19 heavy (non-hydrogen) atoms. The summed E-state index contributed by atoms with van der Waals surface area (Å²) in [5.41, 5.74) is 1.05. The highest BCUT2D eigenvalue weighted by molar-refractivity contribution is 9.10. The average molecular weight is 326 g/mol. The highest BCUT2D eigenvalue weighted by Gasteiger charge is 2.14. The van der Waals surface area contributed by atoms with Gasteiger partial charge in [0.05, 0.1) is 34.6 Å². The zero-order valence-corrected chi connectivity index (χ0v) is 13.3. The molecule has 0 radical (unpaired) electrons. The van der Waals surface area contributed by atoms with Crippen LogP contribution in [0.1, 0.15) is 27.7 Å². The Hall–Kier alpha value is -1.30. The summed E-state index contributed by atoms with van der Waals surface area (Å²) in [6.07, 6.45) is 7.66. The number of nitrogens with one attached hydrogen (secondary N) is 1. The van der Waals surface area contributed by atoms with E-state index >= 15 is 0 Å². The molecule has 6 heteroatoms. The minimum absolute atomic E-state index is 0.00994. The zero-order chi connectivity index (χ0) is 14.0. The van der Waals surface area contributed by atoms with E-state index in [1.165, 1.54) is 0 Å². The molecule has 5 nitrogen and oxygen atoms in total. The molecule has 0 unspecified atom stereocenters. The Morgan fingerprint density at radius 3 is 2.53 bits per heavy atom. The van der Waals surface area contributed by atoms with Crippen molar-refractivity contribution in [2.45, 2.75) is 45.8 Å². The Kier molecular flexibility index (Phi) is 3.99. The molecule has 1 atom stereocenters. The van der Waals surface area contributed by atoms with Crippen LogP contribution in [0.5, 0.6) is 0 Å². The molecule has 2 heterocycles. The van der Waals surface area contributed by atoms with Crippen LogP contribution < -0.4 is 5.32 Å². The van der Waals surface area contributed by atoms with Crippen molar-refractivity contribution in [3.63, 3.8) is 0 Å². The zero-order valence-electron chi connectivity index (χ0n) is 11.8. The van der Waals surface area contributed by atoms with Crippen molar-refractivity contribution in [2.24, 2.45) is 0 Å². The molecule has 0 aliphatic heterocycles. The summed E-state index contributed by atoms with van der Waals surface area (Å²) in [4.78, 5) is 0. The van der Waals surface area contributed by atoms with Crippen LogP contribution in [-0.4, -0.2) is 25.6 Å². The third-order valence-electron chi connectivity index (χ3n) is 2.75. The van der Waals surface area contributed by atoms with Gasteiger partial charge in [-0.15, -0.1) is 0 Å². The van der Waals surface area contributed by atoms with Crippen LogP contribution in [-0.2, 0) is 12.1 Å². The summed E-state index contributed by atoms with van der Waals surface area (Å²) in [6.45, 7) is 9.34. The quantitative estimate of drug-likeness (QED) is 0.939. The molecule has 0 saturated heterocycles. The largest absolute Gasteiger partial charge is 0.378 e. The molecule has 0 amide bonds. The van der Waals surface area contributed by atoms with Gasteiger partial charge < -0.3 is 5.32 Å². The topological polar surface area (TPSA) is 47.7 Å². The first-order chi connectivity index (χ1) is 8.84. The van der Waals surface area contributed by atoms with Crippen molar-refractivity contribution < 1.29 is 0 Å². The van der Waals surface area contributed by atoms with E-state index in [4.69, 9.17) is 0 Å². The number of hydrogen-bond acceptors (Lipinski definition) is 3. The van der Waals surface area contributed by atoms with Gasteiger partial charge in [0.1, 0.15) is 0 Å². The monoisotopic (exact) mass is 325 g/mol. The van der Waals surface area contributed by atoms with Gasteiger partial charge in [0.15, 0.2) is 0 Å². The second-order valence-electron chi connectivity index (χ2n) is 5.77. The lowest BCUT2D eigenvalue weighted by Crippen LogP contribution is -2.23. The van der Waals surface area contributed by atoms with Gasteiger partial charge >= 0.3 is 0 Å². The number of aromatic nitrogens is 4. The van der Waals surface area contributed by atoms with Crippen molar-refractivity contribution in [3.8, 4) is 0 Å². The van der Waals surface area contributed by atoms with Crippen molar-refractivity contribution in [2.75, 3.05) is 5.32 Å².